The Bertz CT molecular complexity index is 509. The fraction of sp³-hybridized carbons (Fsp3) is 0.500. The number of aromatic nitrogens is 2. The van der Waals surface area contributed by atoms with Crippen molar-refractivity contribution in [2.75, 3.05) is 29.6 Å². The number of rotatable bonds is 8. The topological polar surface area (TPSA) is 66.7 Å². The normalized spacial score (nSPS) is 11.0. The van der Waals surface area contributed by atoms with Gasteiger partial charge in [-0.15, -0.1) is 0 Å². The third-order valence-electron chi connectivity index (χ3n) is 3.07. The summed E-state index contributed by atoms with van der Waals surface area (Å²) in [4.78, 5) is 7.72. The molecular formula is C14H22N4S. The molecule has 1 aromatic carbocycles. The summed E-state index contributed by atoms with van der Waals surface area (Å²) in [6.45, 7) is 0.967. The van der Waals surface area contributed by atoms with Crippen LogP contribution in [0.5, 0.6) is 0 Å². The number of nitrogens with two attached hydrogens (primary N) is 1. The van der Waals surface area contributed by atoms with Crippen molar-refractivity contribution in [3.8, 4) is 0 Å². The first-order valence-electron chi connectivity index (χ1n) is 6.77. The molecule has 0 aliphatic carbocycles. The zero-order valence-corrected chi connectivity index (χ0v) is 12.2. The predicted octanol–water partition coefficient (Wildman–Crippen LogP) is 3.48. The maximum atomic E-state index is 5.74. The molecule has 0 unspecified atom stereocenters. The predicted molar refractivity (Wildman–Crippen MR) is 85.8 cm³/mol. The van der Waals surface area contributed by atoms with Crippen molar-refractivity contribution in [2.45, 2.75) is 25.7 Å². The Morgan fingerprint density at radius 3 is 2.95 bits per heavy atom. The number of hydrogen-bond acceptors (Lipinski definition) is 4. The fourth-order valence-corrected chi connectivity index (χ4v) is 2.54. The van der Waals surface area contributed by atoms with E-state index in [-0.39, 0.29) is 0 Å². The van der Waals surface area contributed by atoms with E-state index >= 15 is 0 Å². The number of imidazole rings is 1. The summed E-state index contributed by atoms with van der Waals surface area (Å²) in [5.41, 5.74) is 8.45. The minimum absolute atomic E-state index is 0.761. The highest BCUT2D eigenvalue weighted by Gasteiger charge is 2.01. The summed E-state index contributed by atoms with van der Waals surface area (Å²) in [5.74, 6) is 2.11. The average Bonchev–Trinajstić information content (AvgIpc) is 2.79. The minimum Gasteiger partial charge on any atom is -0.399 e. The fourth-order valence-electron chi connectivity index (χ4n) is 2.04. The summed E-state index contributed by atoms with van der Waals surface area (Å²) in [7, 11) is 0. The van der Waals surface area contributed by atoms with Gasteiger partial charge in [0.15, 0.2) is 0 Å². The highest BCUT2D eigenvalue weighted by atomic mass is 32.2. The van der Waals surface area contributed by atoms with Crippen molar-refractivity contribution >= 4 is 34.4 Å². The number of aromatic amines is 1. The number of nitrogens with zero attached hydrogens (tertiary/aromatic N) is 1. The Kier molecular flexibility index (Phi) is 5.39. The number of anilines is 2. The number of benzene rings is 1. The van der Waals surface area contributed by atoms with Crippen molar-refractivity contribution in [3.63, 3.8) is 0 Å². The molecule has 104 valence electrons. The number of thioether (sulfide) groups is 1. The Labute approximate surface area is 118 Å². The molecule has 0 atom stereocenters. The Hall–Kier alpha value is -1.36. The summed E-state index contributed by atoms with van der Waals surface area (Å²) >= 11 is 1.92. The van der Waals surface area contributed by atoms with E-state index in [1.54, 1.807) is 0 Å². The number of hydrogen-bond donors (Lipinski definition) is 3. The Morgan fingerprint density at radius 1 is 1.26 bits per heavy atom. The number of nitrogen functional groups attached to an aromatic ring is 1. The molecule has 2 rings (SSSR count). The van der Waals surface area contributed by atoms with Crippen LogP contribution in [0.2, 0.25) is 0 Å². The van der Waals surface area contributed by atoms with E-state index < -0.39 is 0 Å². The van der Waals surface area contributed by atoms with Gasteiger partial charge in [0.1, 0.15) is 0 Å². The molecule has 0 bridgehead atoms. The van der Waals surface area contributed by atoms with Crippen LogP contribution >= 0.6 is 11.8 Å². The molecule has 0 saturated carbocycles. The van der Waals surface area contributed by atoms with Crippen LogP contribution in [-0.2, 0) is 0 Å². The SMILES string of the molecule is CSCCCCCCNc1nc2ccc(N)cc2[nH]1. The van der Waals surface area contributed by atoms with E-state index in [1.807, 2.05) is 30.0 Å². The van der Waals surface area contributed by atoms with Crippen LogP contribution in [0, 0.1) is 0 Å². The zero-order chi connectivity index (χ0) is 13.5. The second-order valence-electron chi connectivity index (χ2n) is 4.70. The van der Waals surface area contributed by atoms with E-state index in [1.165, 1.54) is 31.4 Å². The molecule has 4 N–H and O–H groups in total. The number of H-pyrrole nitrogens is 1. The maximum Gasteiger partial charge on any atom is 0.201 e. The van der Waals surface area contributed by atoms with E-state index in [0.717, 1.165) is 29.2 Å². The van der Waals surface area contributed by atoms with E-state index in [0.29, 0.717) is 0 Å². The summed E-state index contributed by atoms with van der Waals surface area (Å²) < 4.78 is 0. The molecule has 0 fully saturated rings. The molecule has 0 saturated heterocycles. The summed E-state index contributed by atoms with van der Waals surface area (Å²) in [5, 5.41) is 3.33. The van der Waals surface area contributed by atoms with E-state index in [9.17, 15) is 0 Å². The highest BCUT2D eigenvalue weighted by Crippen LogP contribution is 2.17. The average molecular weight is 278 g/mol. The number of nitrogens with one attached hydrogen (secondary N) is 2. The van der Waals surface area contributed by atoms with Crippen LogP contribution in [-0.4, -0.2) is 28.5 Å². The first kappa shape index (κ1) is 14.1. The summed E-state index contributed by atoms with van der Waals surface area (Å²) in [6.07, 6.45) is 7.27. The van der Waals surface area contributed by atoms with Gasteiger partial charge >= 0.3 is 0 Å². The van der Waals surface area contributed by atoms with Crippen LogP contribution in [0.15, 0.2) is 18.2 Å². The van der Waals surface area contributed by atoms with Crippen molar-refractivity contribution in [1.82, 2.24) is 9.97 Å². The molecule has 2 aromatic rings. The van der Waals surface area contributed by atoms with Gasteiger partial charge in [-0.1, -0.05) is 12.8 Å². The molecule has 0 spiro atoms. The molecule has 1 heterocycles. The molecule has 0 amide bonds. The number of unbranched alkanes of at least 4 members (excludes halogenated alkanes) is 3. The van der Waals surface area contributed by atoms with Crippen molar-refractivity contribution in [3.05, 3.63) is 18.2 Å². The molecule has 5 heteroatoms. The monoisotopic (exact) mass is 278 g/mol. The van der Waals surface area contributed by atoms with Crippen LogP contribution in [0.3, 0.4) is 0 Å². The lowest BCUT2D eigenvalue weighted by Crippen LogP contribution is -2.02. The van der Waals surface area contributed by atoms with Gasteiger partial charge in [-0.3, -0.25) is 0 Å². The lowest BCUT2D eigenvalue weighted by atomic mass is 10.2. The van der Waals surface area contributed by atoms with Gasteiger partial charge in [0, 0.05) is 12.2 Å². The van der Waals surface area contributed by atoms with Gasteiger partial charge in [-0.25, -0.2) is 4.98 Å². The first-order valence-corrected chi connectivity index (χ1v) is 8.17. The highest BCUT2D eigenvalue weighted by molar-refractivity contribution is 7.98. The zero-order valence-electron chi connectivity index (χ0n) is 11.4. The lowest BCUT2D eigenvalue weighted by Gasteiger charge is -2.02. The smallest absolute Gasteiger partial charge is 0.201 e. The third kappa shape index (κ3) is 4.35. The lowest BCUT2D eigenvalue weighted by molar-refractivity contribution is 0.688. The van der Waals surface area contributed by atoms with Gasteiger partial charge in [0.05, 0.1) is 11.0 Å². The van der Waals surface area contributed by atoms with E-state index in [4.69, 9.17) is 5.73 Å². The molecule has 0 aliphatic rings. The molecular weight excluding hydrogens is 256 g/mol. The summed E-state index contributed by atoms with van der Waals surface area (Å²) in [6, 6.07) is 5.73. The second-order valence-corrected chi connectivity index (χ2v) is 5.68. The largest absolute Gasteiger partial charge is 0.399 e. The van der Waals surface area contributed by atoms with Crippen LogP contribution in [0.25, 0.3) is 11.0 Å². The Balaban J connectivity index is 1.72. The van der Waals surface area contributed by atoms with Gasteiger partial charge in [0.25, 0.3) is 0 Å². The Morgan fingerprint density at radius 2 is 2.11 bits per heavy atom. The quantitative estimate of drug-likeness (QED) is 0.511. The van der Waals surface area contributed by atoms with Crippen molar-refractivity contribution < 1.29 is 0 Å². The minimum atomic E-state index is 0.761. The van der Waals surface area contributed by atoms with Gasteiger partial charge in [0.2, 0.25) is 5.95 Å². The van der Waals surface area contributed by atoms with Crippen LogP contribution in [0.4, 0.5) is 11.6 Å². The third-order valence-corrected chi connectivity index (χ3v) is 3.77. The second kappa shape index (κ2) is 7.28. The molecule has 19 heavy (non-hydrogen) atoms. The van der Waals surface area contributed by atoms with E-state index in [2.05, 4.69) is 21.5 Å². The number of fused-ring (bicyclic) bond motifs is 1. The van der Waals surface area contributed by atoms with Gasteiger partial charge in [-0.05, 0) is 43.0 Å². The maximum absolute atomic E-state index is 5.74. The van der Waals surface area contributed by atoms with Crippen LogP contribution in [0.1, 0.15) is 25.7 Å². The van der Waals surface area contributed by atoms with Crippen LogP contribution < -0.4 is 11.1 Å². The molecule has 4 nitrogen and oxygen atoms in total. The molecule has 0 aliphatic heterocycles. The van der Waals surface area contributed by atoms with Gasteiger partial charge in [-0.2, -0.15) is 11.8 Å². The molecule has 0 radical (unpaired) electrons. The standard InChI is InChI=1S/C14H22N4S/c1-19-9-5-3-2-4-8-16-14-17-12-7-6-11(15)10-13(12)18-14/h6-7,10H,2-5,8-9,15H2,1H3,(H2,16,17,18). The van der Waals surface area contributed by atoms with Crippen molar-refractivity contribution in [1.29, 1.82) is 0 Å². The van der Waals surface area contributed by atoms with Gasteiger partial charge < -0.3 is 16.0 Å². The first-order chi connectivity index (χ1) is 9.29. The molecule has 1 aromatic heterocycles. The van der Waals surface area contributed by atoms with Crippen molar-refractivity contribution in [2.24, 2.45) is 0 Å².